The van der Waals surface area contributed by atoms with Crippen LogP contribution in [0.2, 0.25) is 0 Å². The SMILES string of the molecule is CC(=O)c1ccc2c(c1)N(CCCOc1cccc(C)c1)C(=O)C(C)(C)O2. The Morgan fingerprint density at radius 2 is 1.96 bits per heavy atom. The van der Waals surface area contributed by atoms with Crippen molar-refractivity contribution in [2.45, 2.75) is 39.7 Å². The molecule has 0 unspecified atom stereocenters. The molecule has 27 heavy (non-hydrogen) atoms. The van der Waals surface area contributed by atoms with Gasteiger partial charge in [0, 0.05) is 12.1 Å². The molecule has 1 heterocycles. The Morgan fingerprint density at radius 3 is 2.67 bits per heavy atom. The number of Topliss-reactive ketones (excluding diaryl/α,β-unsaturated/α-hetero) is 1. The van der Waals surface area contributed by atoms with Crippen molar-refractivity contribution >= 4 is 17.4 Å². The Balaban J connectivity index is 1.74. The summed E-state index contributed by atoms with van der Waals surface area (Å²) in [6, 6.07) is 13.1. The van der Waals surface area contributed by atoms with Gasteiger partial charge >= 0.3 is 0 Å². The van der Waals surface area contributed by atoms with Gasteiger partial charge in [0.25, 0.3) is 5.91 Å². The van der Waals surface area contributed by atoms with Gasteiger partial charge in [0.1, 0.15) is 11.5 Å². The van der Waals surface area contributed by atoms with E-state index >= 15 is 0 Å². The van der Waals surface area contributed by atoms with Gasteiger partial charge in [-0.25, -0.2) is 0 Å². The van der Waals surface area contributed by atoms with E-state index in [0.29, 0.717) is 36.6 Å². The molecule has 2 aromatic rings. The number of hydrogen-bond acceptors (Lipinski definition) is 4. The topological polar surface area (TPSA) is 55.8 Å². The standard InChI is InChI=1S/C22H25NO4/c1-15-7-5-8-18(13-15)26-12-6-11-23-19-14-17(16(2)24)9-10-20(19)27-22(3,4)21(23)25/h5,7-10,13-14H,6,11-12H2,1-4H3. The highest BCUT2D eigenvalue weighted by molar-refractivity contribution is 6.04. The number of fused-ring (bicyclic) bond motifs is 1. The minimum Gasteiger partial charge on any atom is -0.494 e. The molecule has 0 aromatic heterocycles. The molecule has 0 bridgehead atoms. The lowest BCUT2D eigenvalue weighted by atomic mass is 10.0. The minimum absolute atomic E-state index is 0.0437. The van der Waals surface area contributed by atoms with Crippen molar-refractivity contribution in [2.75, 3.05) is 18.1 Å². The summed E-state index contributed by atoms with van der Waals surface area (Å²) in [5.41, 5.74) is 1.40. The molecule has 0 N–H and O–H groups in total. The van der Waals surface area contributed by atoms with Crippen LogP contribution < -0.4 is 14.4 Å². The summed E-state index contributed by atoms with van der Waals surface area (Å²) in [7, 11) is 0. The Morgan fingerprint density at radius 1 is 1.19 bits per heavy atom. The first kappa shape index (κ1) is 19.0. The maximum atomic E-state index is 12.9. The van der Waals surface area contributed by atoms with E-state index in [2.05, 4.69) is 0 Å². The molecule has 0 radical (unpaired) electrons. The van der Waals surface area contributed by atoms with Crippen molar-refractivity contribution in [1.82, 2.24) is 0 Å². The lowest BCUT2D eigenvalue weighted by Gasteiger charge is -2.39. The van der Waals surface area contributed by atoms with Gasteiger partial charge in [-0.3, -0.25) is 9.59 Å². The van der Waals surface area contributed by atoms with E-state index < -0.39 is 5.60 Å². The van der Waals surface area contributed by atoms with E-state index in [4.69, 9.17) is 9.47 Å². The molecule has 0 atom stereocenters. The first-order valence-corrected chi connectivity index (χ1v) is 9.13. The fraction of sp³-hybridized carbons (Fsp3) is 0.364. The summed E-state index contributed by atoms with van der Waals surface area (Å²) >= 11 is 0. The van der Waals surface area contributed by atoms with Gasteiger partial charge in [-0.2, -0.15) is 0 Å². The monoisotopic (exact) mass is 367 g/mol. The smallest absolute Gasteiger partial charge is 0.270 e. The van der Waals surface area contributed by atoms with Gasteiger partial charge < -0.3 is 14.4 Å². The van der Waals surface area contributed by atoms with Gasteiger partial charge in [0.2, 0.25) is 0 Å². The highest BCUT2D eigenvalue weighted by atomic mass is 16.5. The quantitative estimate of drug-likeness (QED) is 0.568. The molecule has 1 aliphatic rings. The van der Waals surface area contributed by atoms with E-state index in [1.807, 2.05) is 31.2 Å². The van der Waals surface area contributed by atoms with Crippen molar-refractivity contribution in [3.63, 3.8) is 0 Å². The highest BCUT2D eigenvalue weighted by Gasteiger charge is 2.40. The highest BCUT2D eigenvalue weighted by Crippen LogP contribution is 2.38. The summed E-state index contributed by atoms with van der Waals surface area (Å²) in [4.78, 5) is 26.3. The Hall–Kier alpha value is -2.82. The zero-order valence-corrected chi connectivity index (χ0v) is 16.2. The number of ketones is 1. The van der Waals surface area contributed by atoms with E-state index in [1.165, 1.54) is 6.92 Å². The van der Waals surface area contributed by atoms with Crippen molar-refractivity contribution in [3.05, 3.63) is 53.6 Å². The third kappa shape index (κ3) is 4.13. The number of carbonyl (C=O) groups is 2. The third-order valence-corrected chi connectivity index (χ3v) is 4.57. The first-order valence-electron chi connectivity index (χ1n) is 9.13. The second kappa shape index (κ2) is 7.43. The van der Waals surface area contributed by atoms with Gasteiger partial charge in [-0.1, -0.05) is 12.1 Å². The second-order valence-electron chi connectivity index (χ2n) is 7.33. The fourth-order valence-electron chi connectivity index (χ4n) is 3.13. The number of rotatable bonds is 6. The average Bonchev–Trinajstić information content (AvgIpc) is 2.61. The number of anilines is 1. The molecule has 1 amide bonds. The predicted octanol–water partition coefficient (Wildman–Crippen LogP) is 4.17. The van der Waals surface area contributed by atoms with Crippen LogP contribution in [0.4, 0.5) is 5.69 Å². The number of ether oxygens (including phenoxy) is 2. The molecule has 0 saturated carbocycles. The molecule has 0 aliphatic carbocycles. The molecule has 2 aromatic carbocycles. The summed E-state index contributed by atoms with van der Waals surface area (Å²) < 4.78 is 11.6. The maximum absolute atomic E-state index is 12.9. The number of nitrogens with zero attached hydrogens (tertiary/aromatic N) is 1. The fourth-order valence-corrected chi connectivity index (χ4v) is 3.13. The molecule has 1 aliphatic heterocycles. The third-order valence-electron chi connectivity index (χ3n) is 4.57. The zero-order chi connectivity index (χ0) is 19.6. The molecule has 0 fully saturated rings. The number of hydrogen-bond donors (Lipinski definition) is 0. The minimum atomic E-state index is -0.942. The molecule has 0 spiro atoms. The normalized spacial score (nSPS) is 15.1. The number of aryl methyl sites for hydroxylation is 1. The van der Waals surface area contributed by atoms with E-state index in [1.54, 1.807) is 36.9 Å². The van der Waals surface area contributed by atoms with Crippen molar-refractivity contribution < 1.29 is 19.1 Å². The van der Waals surface area contributed by atoms with Gasteiger partial charge in [0.15, 0.2) is 11.4 Å². The molecule has 142 valence electrons. The van der Waals surface area contributed by atoms with Crippen LogP contribution in [0.15, 0.2) is 42.5 Å². The van der Waals surface area contributed by atoms with Crippen LogP contribution in [-0.2, 0) is 4.79 Å². The van der Waals surface area contributed by atoms with Crippen LogP contribution in [0.5, 0.6) is 11.5 Å². The van der Waals surface area contributed by atoms with Gasteiger partial charge in [-0.15, -0.1) is 0 Å². The van der Waals surface area contributed by atoms with E-state index in [-0.39, 0.29) is 11.7 Å². The number of benzene rings is 2. The summed E-state index contributed by atoms with van der Waals surface area (Å²) in [6.07, 6.45) is 0.666. The average molecular weight is 367 g/mol. The summed E-state index contributed by atoms with van der Waals surface area (Å²) in [5.74, 6) is 1.27. The van der Waals surface area contributed by atoms with Crippen LogP contribution in [0, 0.1) is 6.92 Å². The molecule has 5 heteroatoms. The largest absolute Gasteiger partial charge is 0.494 e. The van der Waals surface area contributed by atoms with Crippen LogP contribution in [0.25, 0.3) is 0 Å². The van der Waals surface area contributed by atoms with E-state index in [0.717, 1.165) is 11.3 Å². The molecule has 3 rings (SSSR count). The van der Waals surface area contributed by atoms with Crippen molar-refractivity contribution in [2.24, 2.45) is 0 Å². The Bertz CT molecular complexity index is 872. The van der Waals surface area contributed by atoms with Crippen LogP contribution >= 0.6 is 0 Å². The number of carbonyl (C=O) groups excluding carboxylic acids is 2. The second-order valence-corrected chi connectivity index (χ2v) is 7.33. The Kier molecular flexibility index (Phi) is 5.22. The predicted molar refractivity (Wildman–Crippen MR) is 105 cm³/mol. The van der Waals surface area contributed by atoms with Crippen molar-refractivity contribution in [1.29, 1.82) is 0 Å². The molecule has 5 nitrogen and oxygen atoms in total. The number of amides is 1. The van der Waals surface area contributed by atoms with Crippen LogP contribution in [0.3, 0.4) is 0 Å². The molecular weight excluding hydrogens is 342 g/mol. The lowest BCUT2D eigenvalue weighted by Crippen LogP contribution is -2.53. The molecular formula is C22H25NO4. The maximum Gasteiger partial charge on any atom is 0.270 e. The molecule has 0 saturated heterocycles. The van der Waals surface area contributed by atoms with E-state index in [9.17, 15) is 9.59 Å². The summed E-state index contributed by atoms with van der Waals surface area (Å²) in [6.45, 7) is 8.03. The van der Waals surface area contributed by atoms with Gasteiger partial charge in [0.05, 0.1) is 12.3 Å². The van der Waals surface area contributed by atoms with Crippen LogP contribution in [0.1, 0.15) is 43.1 Å². The lowest BCUT2D eigenvalue weighted by molar-refractivity contribution is -0.132. The Labute approximate surface area is 159 Å². The summed E-state index contributed by atoms with van der Waals surface area (Å²) in [5, 5.41) is 0. The van der Waals surface area contributed by atoms with Gasteiger partial charge in [-0.05, 0) is 70.0 Å². The van der Waals surface area contributed by atoms with Crippen molar-refractivity contribution in [3.8, 4) is 11.5 Å². The van der Waals surface area contributed by atoms with Crippen LogP contribution in [-0.4, -0.2) is 30.4 Å². The zero-order valence-electron chi connectivity index (χ0n) is 16.2. The first-order chi connectivity index (χ1) is 12.8.